The third-order valence-corrected chi connectivity index (χ3v) is 6.70. The first-order valence-electron chi connectivity index (χ1n) is 9.57. The van der Waals surface area contributed by atoms with E-state index in [-0.39, 0.29) is 0 Å². The van der Waals surface area contributed by atoms with Crippen LogP contribution in [0.1, 0.15) is 18.4 Å². The number of hydrogen-bond acceptors (Lipinski definition) is 3. The Bertz CT molecular complexity index is 609. The van der Waals surface area contributed by atoms with Crippen molar-refractivity contribution in [3.05, 3.63) is 35.9 Å². The Morgan fingerprint density at radius 1 is 1.04 bits per heavy atom. The van der Waals surface area contributed by atoms with Crippen LogP contribution in [-0.2, 0) is 11.3 Å². The van der Waals surface area contributed by atoms with Crippen LogP contribution in [0, 0.1) is 23.7 Å². The Morgan fingerprint density at radius 2 is 1.83 bits per heavy atom. The normalized spacial score (nSPS) is 38.0. The molecule has 6 rings (SSSR count). The lowest BCUT2D eigenvalue weighted by Crippen LogP contribution is -2.48. The third-order valence-electron chi connectivity index (χ3n) is 6.70. The average molecular weight is 325 g/mol. The Labute approximate surface area is 144 Å². The molecule has 1 unspecified atom stereocenters. The molecule has 4 heteroatoms. The number of fused-ring (bicyclic) bond motifs is 5. The molecule has 1 aromatic rings. The number of amides is 1. The molecule has 5 fully saturated rings. The van der Waals surface area contributed by atoms with Gasteiger partial charge in [-0.25, -0.2) is 0 Å². The Kier molecular flexibility index (Phi) is 3.64. The molecule has 4 saturated heterocycles. The van der Waals surface area contributed by atoms with Crippen molar-refractivity contribution in [2.24, 2.45) is 23.7 Å². The van der Waals surface area contributed by atoms with Crippen molar-refractivity contribution in [2.45, 2.75) is 25.4 Å². The topological polar surface area (TPSA) is 35.6 Å². The number of piperidine rings is 2. The second kappa shape index (κ2) is 5.85. The lowest BCUT2D eigenvalue weighted by molar-refractivity contribution is -0.137. The maximum Gasteiger partial charge on any atom is 0.226 e. The van der Waals surface area contributed by atoms with Gasteiger partial charge < -0.3 is 10.2 Å². The van der Waals surface area contributed by atoms with Crippen LogP contribution in [0.5, 0.6) is 0 Å². The molecule has 2 bridgehead atoms. The van der Waals surface area contributed by atoms with Crippen molar-refractivity contribution in [3.8, 4) is 0 Å². The average Bonchev–Trinajstić information content (AvgIpc) is 3.21. The van der Waals surface area contributed by atoms with Crippen molar-refractivity contribution in [1.82, 2.24) is 15.1 Å². The number of carbonyl (C=O) groups excluding carboxylic acids is 1. The fraction of sp³-hybridized carbons (Fsp3) is 0.650. The van der Waals surface area contributed by atoms with Gasteiger partial charge in [0.25, 0.3) is 0 Å². The molecule has 1 aromatic carbocycles. The van der Waals surface area contributed by atoms with E-state index in [1.807, 2.05) is 0 Å². The minimum absolute atomic E-state index is 0.341. The van der Waals surface area contributed by atoms with Gasteiger partial charge in [-0.2, -0.15) is 0 Å². The zero-order valence-electron chi connectivity index (χ0n) is 14.2. The standard InChI is InChI=1S/C20H27N3O/c24-20(19-17-8-21-9-18(17)19)23-12-15-6-7-16(23)13-22(11-15)10-14-4-2-1-3-5-14/h1-5,15-19,21H,6-13H2/t15-,16+,17-,18+,19?/m1/s1. The van der Waals surface area contributed by atoms with Crippen LogP contribution in [0.2, 0.25) is 0 Å². The fourth-order valence-corrected chi connectivity index (χ4v) is 5.40. The Hall–Kier alpha value is -1.39. The van der Waals surface area contributed by atoms with E-state index < -0.39 is 0 Å². The molecule has 4 heterocycles. The van der Waals surface area contributed by atoms with E-state index in [1.165, 1.54) is 18.4 Å². The van der Waals surface area contributed by atoms with Crippen molar-refractivity contribution in [2.75, 3.05) is 32.7 Å². The lowest BCUT2D eigenvalue weighted by atomic mass is 9.94. The summed E-state index contributed by atoms with van der Waals surface area (Å²) in [4.78, 5) is 17.9. The molecule has 0 radical (unpaired) electrons. The van der Waals surface area contributed by atoms with Crippen LogP contribution in [0.4, 0.5) is 0 Å². The lowest BCUT2D eigenvalue weighted by Gasteiger charge is -2.36. The van der Waals surface area contributed by atoms with Gasteiger partial charge in [-0.3, -0.25) is 9.69 Å². The monoisotopic (exact) mass is 325 g/mol. The molecule has 128 valence electrons. The van der Waals surface area contributed by atoms with Crippen molar-refractivity contribution >= 4 is 5.91 Å². The highest BCUT2D eigenvalue weighted by molar-refractivity contribution is 5.83. The maximum absolute atomic E-state index is 13.1. The molecule has 5 atom stereocenters. The maximum atomic E-state index is 13.1. The second-order valence-electron chi connectivity index (χ2n) is 8.28. The summed E-state index contributed by atoms with van der Waals surface area (Å²) < 4.78 is 0. The molecule has 1 aliphatic carbocycles. The molecule has 1 N–H and O–H groups in total. The summed E-state index contributed by atoms with van der Waals surface area (Å²) in [5, 5.41) is 3.41. The Morgan fingerprint density at radius 3 is 2.62 bits per heavy atom. The van der Waals surface area contributed by atoms with E-state index in [0.717, 1.165) is 39.3 Å². The number of carbonyl (C=O) groups is 1. The van der Waals surface area contributed by atoms with E-state index >= 15 is 0 Å². The fourth-order valence-electron chi connectivity index (χ4n) is 5.40. The molecule has 4 aliphatic heterocycles. The van der Waals surface area contributed by atoms with Crippen molar-refractivity contribution in [1.29, 1.82) is 0 Å². The summed E-state index contributed by atoms with van der Waals surface area (Å²) in [5.41, 5.74) is 1.39. The number of hydrogen-bond donors (Lipinski definition) is 1. The predicted molar refractivity (Wildman–Crippen MR) is 93.3 cm³/mol. The first-order valence-corrected chi connectivity index (χ1v) is 9.57. The van der Waals surface area contributed by atoms with Gasteiger partial charge in [0.1, 0.15) is 0 Å². The molecular formula is C20H27N3O. The van der Waals surface area contributed by atoms with Gasteiger partial charge in [-0.15, -0.1) is 0 Å². The van der Waals surface area contributed by atoms with E-state index in [4.69, 9.17) is 0 Å². The van der Waals surface area contributed by atoms with Gasteiger partial charge >= 0.3 is 0 Å². The minimum Gasteiger partial charge on any atom is -0.338 e. The number of nitrogens with zero attached hydrogens (tertiary/aromatic N) is 2. The van der Waals surface area contributed by atoms with Gasteiger partial charge in [0.05, 0.1) is 0 Å². The highest BCUT2D eigenvalue weighted by Crippen LogP contribution is 2.50. The van der Waals surface area contributed by atoms with E-state index in [9.17, 15) is 4.79 Å². The van der Waals surface area contributed by atoms with Crippen molar-refractivity contribution in [3.63, 3.8) is 0 Å². The van der Waals surface area contributed by atoms with Gasteiger partial charge in [0.2, 0.25) is 5.91 Å². The van der Waals surface area contributed by atoms with E-state index in [1.54, 1.807) is 0 Å². The van der Waals surface area contributed by atoms with Crippen LogP contribution in [0.15, 0.2) is 30.3 Å². The zero-order chi connectivity index (χ0) is 16.1. The third kappa shape index (κ3) is 2.56. The van der Waals surface area contributed by atoms with Gasteiger partial charge in [-0.1, -0.05) is 30.3 Å². The summed E-state index contributed by atoms with van der Waals surface area (Å²) in [6.45, 7) is 6.34. The van der Waals surface area contributed by atoms with Gasteiger partial charge in [0, 0.05) is 38.1 Å². The number of benzene rings is 1. The summed E-state index contributed by atoms with van der Waals surface area (Å²) in [5.74, 6) is 2.75. The highest BCUT2D eigenvalue weighted by atomic mass is 16.2. The quantitative estimate of drug-likeness (QED) is 0.916. The summed E-state index contributed by atoms with van der Waals surface area (Å²) in [6.07, 6.45) is 2.49. The SMILES string of the molecule is O=C(C1[C@H]2CNC[C@@H]12)N1C[C@@H]2CC[C@H]1CN(Cc1ccccc1)C2. The molecule has 24 heavy (non-hydrogen) atoms. The first-order chi connectivity index (χ1) is 11.8. The summed E-state index contributed by atoms with van der Waals surface area (Å²) in [6, 6.07) is 11.2. The molecule has 1 saturated carbocycles. The number of nitrogens with one attached hydrogen (secondary N) is 1. The van der Waals surface area contributed by atoms with Crippen LogP contribution in [0.25, 0.3) is 0 Å². The molecule has 4 nitrogen and oxygen atoms in total. The largest absolute Gasteiger partial charge is 0.338 e. The first kappa shape index (κ1) is 14.9. The van der Waals surface area contributed by atoms with Crippen LogP contribution in [0.3, 0.4) is 0 Å². The molecule has 5 aliphatic rings. The van der Waals surface area contributed by atoms with Crippen molar-refractivity contribution < 1.29 is 4.79 Å². The van der Waals surface area contributed by atoms with Crippen LogP contribution < -0.4 is 5.32 Å². The molecule has 0 aromatic heterocycles. The van der Waals surface area contributed by atoms with Gasteiger partial charge in [-0.05, 0) is 49.2 Å². The van der Waals surface area contributed by atoms with E-state index in [2.05, 4.69) is 45.4 Å². The number of rotatable bonds is 3. The molecule has 0 spiro atoms. The molecular weight excluding hydrogens is 298 g/mol. The zero-order valence-corrected chi connectivity index (χ0v) is 14.2. The Balaban J connectivity index is 1.28. The minimum atomic E-state index is 0.341. The van der Waals surface area contributed by atoms with Gasteiger partial charge in [0.15, 0.2) is 0 Å². The smallest absolute Gasteiger partial charge is 0.226 e. The second-order valence-corrected chi connectivity index (χ2v) is 8.28. The summed E-state index contributed by atoms with van der Waals surface area (Å²) in [7, 11) is 0. The van der Waals surface area contributed by atoms with Crippen LogP contribution >= 0.6 is 0 Å². The highest BCUT2D eigenvalue weighted by Gasteiger charge is 2.58. The molecule has 1 amide bonds. The summed E-state index contributed by atoms with van der Waals surface area (Å²) >= 11 is 0. The van der Waals surface area contributed by atoms with Crippen LogP contribution in [-0.4, -0.2) is 54.5 Å². The predicted octanol–water partition coefficient (Wildman–Crippen LogP) is 1.57. The van der Waals surface area contributed by atoms with E-state index in [0.29, 0.717) is 35.6 Å².